The summed E-state index contributed by atoms with van der Waals surface area (Å²) in [5, 5.41) is 12.0. The molecule has 1 saturated heterocycles. The minimum Gasteiger partial charge on any atom is -0.424 e. The van der Waals surface area contributed by atoms with E-state index in [1.54, 1.807) is 0 Å². The first kappa shape index (κ1) is 22.9. The van der Waals surface area contributed by atoms with Gasteiger partial charge in [0, 0.05) is 54.9 Å². The smallest absolute Gasteiger partial charge is 0.295 e. The summed E-state index contributed by atoms with van der Waals surface area (Å²) in [4.78, 5) is 7.04. The third-order valence-corrected chi connectivity index (χ3v) is 7.49. The summed E-state index contributed by atoms with van der Waals surface area (Å²) < 4.78 is 7.96. The zero-order chi connectivity index (χ0) is 24.2. The SMILES string of the molecule is c1ccc(-c2cnc(NC3CCCCC3NC3CCCN(c4ccc(-n5cccn5)cc4)C3)o2)cc1. The molecule has 7 nitrogen and oxygen atoms in total. The van der Waals surface area contributed by atoms with E-state index in [9.17, 15) is 0 Å². The Morgan fingerprint density at radius 2 is 1.64 bits per heavy atom. The fraction of sp³-hybridized carbons (Fsp3) is 0.379. The van der Waals surface area contributed by atoms with Crippen LogP contribution in [0.15, 0.2) is 83.7 Å². The van der Waals surface area contributed by atoms with Crippen LogP contribution < -0.4 is 15.5 Å². The molecule has 2 aromatic carbocycles. The lowest BCUT2D eigenvalue weighted by molar-refractivity contribution is 0.290. The molecule has 186 valence electrons. The van der Waals surface area contributed by atoms with Crippen molar-refractivity contribution in [2.75, 3.05) is 23.3 Å². The van der Waals surface area contributed by atoms with Crippen LogP contribution in [0.3, 0.4) is 0 Å². The van der Waals surface area contributed by atoms with Crippen molar-refractivity contribution in [1.29, 1.82) is 0 Å². The summed E-state index contributed by atoms with van der Waals surface area (Å²) in [5.41, 5.74) is 3.42. The van der Waals surface area contributed by atoms with Gasteiger partial charge >= 0.3 is 0 Å². The minimum absolute atomic E-state index is 0.324. The maximum Gasteiger partial charge on any atom is 0.295 e. The Labute approximate surface area is 212 Å². The second-order valence-electron chi connectivity index (χ2n) is 9.96. The molecule has 4 aromatic rings. The van der Waals surface area contributed by atoms with Crippen molar-refractivity contribution in [1.82, 2.24) is 20.1 Å². The lowest BCUT2D eigenvalue weighted by atomic mass is 9.89. The maximum atomic E-state index is 6.06. The summed E-state index contributed by atoms with van der Waals surface area (Å²) in [6, 6.07) is 22.7. The number of benzene rings is 2. The van der Waals surface area contributed by atoms with Crippen LogP contribution in [0, 0.1) is 0 Å². The van der Waals surface area contributed by atoms with E-state index in [1.165, 1.54) is 37.8 Å². The van der Waals surface area contributed by atoms with Crippen molar-refractivity contribution in [3.63, 3.8) is 0 Å². The van der Waals surface area contributed by atoms with Crippen LogP contribution in [0.2, 0.25) is 0 Å². The van der Waals surface area contributed by atoms with E-state index in [1.807, 2.05) is 47.5 Å². The first-order chi connectivity index (χ1) is 17.8. The van der Waals surface area contributed by atoms with Gasteiger partial charge in [0.2, 0.25) is 0 Å². The standard InChI is InChI=1S/C29H34N6O/c1-2-8-22(9-3-1)28-20-30-29(36-28)33-27-12-5-4-11-26(27)32-23-10-6-18-34(21-23)24-13-15-25(16-14-24)35-19-7-17-31-35/h1-3,7-9,13-17,19-20,23,26-27,32H,4-6,10-12,18,21H2,(H,30,33). The van der Waals surface area contributed by atoms with Gasteiger partial charge < -0.3 is 20.0 Å². The fourth-order valence-corrected chi connectivity index (χ4v) is 5.63. The second-order valence-corrected chi connectivity index (χ2v) is 9.96. The third kappa shape index (κ3) is 5.16. The number of nitrogens with one attached hydrogen (secondary N) is 2. The number of hydrogen-bond donors (Lipinski definition) is 2. The Balaban J connectivity index is 1.08. The predicted octanol–water partition coefficient (Wildman–Crippen LogP) is 5.51. The highest BCUT2D eigenvalue weighted by molar-refractivity contribution is 5.57. The third-order valence-electron chi connectivity index (χ3n) is 7.49. The van der Waals surface area contributed by atoms with Gasteiger partial charge in [0.25, 0.3) is 6.01 Å². The lowest BCUT2D eigenvalue weighted by Crippen LogP contribution is -2.54. The Hall–Kier alpha value is -3.58. The first-order valence-corrected chi connectivity index (χ1v) is 13.2. The second kappa shape index (κ2) is 10.6. The fourth-order valence-electron chi connectivity index (χ4n) is 5.63. The van der Waals surface area contributed by atoms with Crippen molar-refractivity contribution in [2.24, 2.45) is 0 Å². The number of nitrogens with zero attached hydrogens (tertiary/aromatic N) is 4. The van der Waals surface area contributed by atoms with Crippen LogP contribution in [-0.4, -0.2) is 46.0 Å². The first-order valence-electron chi connectivity index (χ1n) is 13.2. The summed E-state index contributed by atoms with van der Waals surface area (Å²) in [5.74, 6) is 0.805. The molecule has 0 radical (unpaired) electrons. The largest absolute Gasteiger partial charge is 0.424 e. The number of rotatable bonds is 7. The molecule has 1 saturated carbocycles. The molecule has 1 aliphatic carbocycles. The minimum atomic E-state index is 0.324. The quantitative estimate of drug-likeness (QED) is 0.362. The topological polar surface area (TPSA) is 71.2 Å². The Morgan fingerprint density at radius 1 is 0.833 bits per heavy atom. The van der Waals surface area contributed by atoms with Crippen molar-refractivity contribution in [3.8, 4) is 17.0 Å². The van der Waals surface area contributed by atoms with Gasteiger partial charge in [0.05, 0.1) is 11.9 Å². The highest BCUT2D eigenvalue weighted by atomic mass is 16.4. The molecule has 0 spiro atoms. The molecule has 3 unspecified atom stereocenters. The molecule has 2 fully saturated rings. The van der Waals surface area contributed by atoms with Crippen LogP contribution >= 0.6 is 0 Å². The average molecular weight is 483 g/mol. The highest BCUT2D eigenvalue weighted by Gasteiger charge is 2.30. The van der Waals surface area contributed by atoms with Crippen LogP contribution in [0.25, 0.3) is 17.0 Å². The molecule has 7 heteroatoms. The summed E-state index contributed by atoms with van der Waals surface area (Å²) >= 11 is 0. The van der Waals surface area contributed by atoms with E-state index >= 15 is 0 Å². The van der Waals surface area contributed by atoms with Crippen molar-refractivity contribution in [2.45, 2.75) is 56.7 Å². The van der Waals surface area contributed by atoms with Gasteiger partial charge in [-0.25, -0.2) is 9.67 Å². The lowest BCUT2D eigenvalue weighted by Gasteiger charge is -2.40. The average Bonchev–Trinajstić information content (AvgIpc) is 3.64. The molecule has 1 aliphatic heterocycles. The monoisotopic (exact) mass is 482 g/mol. The van der Waals surface area contributed by atoms with E-state index in [4.69, 9.17) is 4.42 Å². The van der Waals surface area contributed by atoms with E-state index in [2.05, 4.69) is 62.0 Å². The molecular formula is C29H34N6O. The number of aromatic nitrogens is 3. The molecule has 36 heavy (non-hydrogen) atoms. The molecular weight excluding hydrogens is 448 g/mol. The predicted molar refractivity (Wildman–Crippen MR) is 144 cm³/mol. The zero-order valence-corrected chi connectivity index (χ0v) is 20.6. The molecule has 2 aliphatic rings. The Bertz CT molecular complexity index is 1220. The van der Waals surface area contributed by atoms with Gasteiger partial charge in [-0.2, -0.15) is 5.10 Å². The summed E-state index contributed by atoms with van der Waals surface area (Å²) in [6.45, 7) is 2.13. The summed E-state index contributed by atoms with van der Waals surface area (Å²) in [6.07, 6.45) is 12.8. The van der Waals surface area contributed by atoms with Crippen molar-refractivity contribution < 1.29 is 4.42 Å². The molecule has 2 N–H and O–H groups in total. The van der Waals surface area contributed by atoms with E-state index in [0.717, 1.165) is 36.5 Å². The molecule has 3 heterocycles. The van der Waals surface area contributed by atoms with Crippen LogP contribution in [-0.2, 0) is 0 Å². The maximum absolute atomic E-state index is 6.06. The van der Waals surface area contributed by atoms with Gasteiger partial charge in [-0.1, -0.05) is 43.2 Å². The van der Waals surface area contributed by atoms with E-state index < -0.39 is 0 Å². The van der Waals surface area contributed by atoms with Gasteiger partial charge in [-0.3, -0.25) is 0 Å². The van der Waals surface area contributed by atoms with Crippen molar-refractivity contribution >= 4 is 11.7 Å². The number of oxazole rings is 1. The molecule has 6 rings (SSSR count). The molecule has 2 aromatic heterocycles. The number of hydrogen-bond acceptors (Lipinski definition) is 6. The van der Waals surface area contributed by atoms with Gasteiger partial charge in [0.1, 0.15) is 0 Å². The van der Waals surface area contributed by atoms with Crippen LogP contribution in [0.5, 0.6) is 0 Å². The zero-order valence-electron chi connectivity index (χ0n) is 20.6. The van der Waals surface area contributed by atoms with E-state index in [0.29, 0.717) is 24.1 Å². The normalized spacial score (nSPS) is 22.4. The van der Waals surface area contributed by atoms with E-state index in [-0.39, 0.29) is 0 Å². The number of piperidine rings is 1. The van der Waals surface area contributed by atoms with Gasteiger partial charge in [-0.15, -0.1) is 0 Å². The van der Waals surface area contributed by atoms with Gasteiger partial charge in [-0.05, 0) is 56.0 Å². The molecule has 3 atom stereocenters. The Morgan fingerprint density at radius 3 is 2.44 bits per heavy atom. The Kier molecular flexibility index (Phi) is 6.72. The van der Waals surface area contributed by atoms with Gasteiger partial charge in [0.15, 0.2) is 5.76 Å². The molecule has 0 bridgehead atoms. The summed E-state index contributed by atoms with van der Waals surface area (Å²) in [7, 11) is 0. The van der Waals surface area contributed by atoms with Crippen LogP contribution in [0.1, 0.15) is 38.5 Å². The van der Waals surface area contributed by atoms with Crippen molar-refractivity contribution in [3.05, 3.63) is 79.3 Å². The van der Waals surface area contributed by atoms with Crippen LogP contribution in [0.4, 0.5) is 11.7 Å². The molecule has 0 amide bonds. The highest BCUT2D eigenvalue weighted by Crippen LogP contribution is 2.27. The number of anilines is 2.